The number of halogens is 2. The molecule has 1 atom stereocenters. The molecule has 1 aliphatic heterocycles. The molecule has 2 N–H and O–H groups in total. The number of aromatic nitrogens is 5. The number of pyridine rings is 1. The van der Waals surface area contributed by atoms with Gasteiger partial charge in [-0.2, -0.15) is 0 Å². The van der Waals surface area contributed by atoms with E-state index in [4.69, 9.17) is 0 Å². The van der Waals surface area contributed by atoms with Crippen molar-refractivity contribution in [2.75, 3.05) is 18.4 Å². The van der Waals surface area contributed by atoms with Crippen LogP contribution in [-0.4, -0.2) is 53.7 Å². The van der Waals surface area contributed by atoms with Crippen molar-refractivity contribution in [2.45, 2.75) is 45.9 Å². The van der Waals surface area contributed by atoms with Gasteiger partial charge in [-0.15, -0.1) is 0 Å². The van der Waals surface area contributed by atoms with Crippen LogP contribution in [0.5, 0.6) is 0 Å². The van der Waals surface area contributed by atoms with Gasteiger partial charge < -0.3 is 15.0 Å². The number of anilines is 2. The zero-order chi connectivity index (χ0) is 24.9. The summed E-state index contributed by atoms with van der Waals surface area (Å²) in [5.41, 5.74) is 2.14. The zero-order valence-corrected chi connectivity index (χ0v) is 20.0. The molecule has 5 rings (SSSR count). The minimum absolute atomic E-state index is 0.0148. The van der Waals surface area contributed by atoms with Gasteiger partial charge in [-0.1, -0.05) is 6.07 Å². The van der Waals surface area contributed by atoms with Gasteiger partial charge in [0, 0.05) is 36.9 Å². The maximum atomic E-state index is 14.9. The van der Waals surface area contributed by atoms with E-state index in [1.54, 1.807) is 18.3 Å². The molecule has 182 valence electrons. The normalized spacial score (nSPS) is 15.5. The first-order chi connectivity index (χ1) is 16.7. The van der Waals surface area contributed by atoms with Crippen LogP contribution in [0.2, 0.25) is 0 Å². The molecule has 8 nitrogen and oxygen atoms in total. The van der Waals surface area contributed by atoms with Crippen molar-refractivity contribution in [2.24, 2.45) is 0 Å². The Morgan fingerprint density at radius 1 is 1.03 bits per heavy atom. The van der Waals surface area contributed by atoms with Gasteiger partial charge in [0.2, 0.25) is 5.95 Å². The fourth-order valence-electron chi connectivity index (χ4n) is 4.54. The second-order valence-electron chi connectivity index (χ2n) is 9.22. The topological polar surface area (TPSA) is 92.0 Å². The molecule has 10 heteroatoms. The number of aliphatic hydroxyl groups excluding tert-OH is 1. The lowest BCUT2D eigenvalue weighted by atomic mass is 10.0. The fraction of sp³-hybridized carbons (Fsp3) is 0.360. The molecule has 4 aromatic rings. The van der Waals surface area contributed by atoms with Gasteiger partial charge in [-0.3, -0.25) is 4.90 Å². The van der Waals surface area contributed by atoms with E-state index >= 15 is 0 Å². The molecule has 0 spiro atoms. The van der Waals surface area contributed by atoms with E-state index in [0.717, 1.165) is 11.8 Å². The van der Waals surface area contributed by atoms with Crippen LogP contribution in [0.1, 0.15) is 44.2 Å². The highest BCUT2D eigenvalue weighted by Gasteiger charge is 2.29. The van der Waals surface area contributed by atoms with Crippen LogP contribution >= 0.6 is 0 Å². The number of aryl methyl sites for hydroxylation is 1. The lowest BCUT2D eigenvalue weighted by Gasteiger charge is -2.40. The average molecular weight is 480 g/mol. The molecule has 0 aliphatic carbocycles. The number of β-amino-alcohol motifs (C(OH)–C–C–N with tert-alkyl or cyclic N) is 1. The second kappa shape index (κ2) is 8.94. The maximum absolute atomic E-state index is 14.9. The zero-order valence-electron chi connectivity index (χ0n) is 20.0. The molecule has 0 saturated carbocycles. The highest BCUT2D eigenvalue weighted by molar-refractivity contribution is 5.83. The molecule has 0 bridgehead atoms. The Morgan fingerprint density at radius 2 is 1.80 bits per heavy atom. The molecule has 3 aromatic heterocycles. The Hall–Kier alpha value is -3.50. The van der Waals surface area contributed by atoms with Gasteiger partial charge in [0.15, 0.2) is 11.6 Å². The number of imidazole rings is 1. The van der Waals surface area contributed by atoms with Crippen molar-refractivity contribution in [3.63, 3.8) is 0 Å². The van der Waals surface area contributed by atoms with E-state index in [-0.39, 0.29) is 35.3 Å². The molecule has 4 heterocycles. The molecule has 0 unspecified atom stereocenters. The highest BCUT2D eigenvalue weighted by atomic mass is 19.1. The Bertz CT molecular complexity index is 1380. The lowest BCUT2D eigenvalue weighted by Crippen LogP contribution is -2.51. The molecule has 35 heavy (non-hydrogen) atoms. The smallest absolute Gasteiger partial charge is 0.229 e. The summed E-state index contributed by atoms with van der Waals surface area (Å²) >= 11 is 0. The van der Waals surface area contributed by atoms with E-state index in [1.807, 2.05) is 31.4 Å². The number of fused-ring (bicyclic) bond motifs is 1. The summed E-state index contributed by atoms with van der Waals surface area (Å²) in [6.07, 6.45) is 2.55. The van der Waals surface area contributed by atoms with Crippen LogP contribution in [-0.2, 0) is 0 Å². The monoisotopic (exact) mass is 479 g/mol. The summed E-state index contributed by atoms with van der Waals surface area (Å²) in [5, 5.41) is 12.5. The van der Waals surface area contributed by atoms with Gasteiger partial charge in [0.05, 0.1) is 17.8 Å². The van der Waals surface area contributed by atoms with Crippen LogP contribution in [0.4, 0.5) is 20.5 Å². The molecule has 1 saturated heterocycles. The van der Waals surface area contributed by atoms with E-state index in [9.17, 15) is 13.9 Å². The van der Waals surface area contributed by atoms with E-state index < -0.39 is 11.6 Å². The third-order valence-electron chi connectivity index (χ3n) is 6.41. The summed E-state index contributed by atoms with van der Waals surface area (Å²) in [6, 6.07) is 6.88. The Balaban J connectivity index is 1.42. The second-order valence-corrected chi connectivity index (χ2v) is 9.22. The fourth-order valence-corrected chi connectivity index (χ4v) is 4.54. The number of likely N-dealkylation sites (tertiary alicyclic amines) is 1. The molecular weight excluding hydrogens is 452 g/mol. The number of nitrogens with zero attached hydrogens (tertiary/aromatic N) is 6. The molecular formula is C25H27F2N7O. The highest BCUT2D eigenvalue weighted by Crippen LogP contribution is 2.31. The molecule has 0 radical (unpaired) electrons. The first kappa shape index (κ1) is 23.3. The SMILES string of the molecule is Cc1nc2c(F)cc(-c3nc(Nc4ccc([C@@H](C)N5CC(O)C5)cn4)ncc3F)cc2n1C(C)C. The minimum atomic E-state index is -0.657. The summed E-state index contributed by atoms with van der Waals surface area (Å²) in [6.45, 7) is 9.15. The van der Waals surface area contributed by atoms with Gasteiger partial charge in [-0.25, -0.2) is 28.7 Å². The van der Waals surface area contributed by atoms with E-state index in [2.05, 4.69) is 37.1 Å². The Morgan fingerprint density at radius 3 is 2.46 bits per heavy atom. The van der Waals surface area contributed by atoms with Crippen LogP contribution in [0, 0.1) is 18.6 Å². The summed E-state index contributed by atoms with van der Waals surface area (Å²) in [5.74, 6) is 0.140. The number of rotatable bonds is 6. The van der Waals surface area contributed by atoms with Crippen molar-refractivity contribution >= 4 is 22.8 Å². The van der Waals surface area contributed by atoms with E-state index in [1.165, 1.54) is 6.07 Å². The van der Waals surface area contributed by atoms with E-state index in [0.29, 0.717) is 35.8 Å². The van der Waals surface area contributed by atoms with Crippen molar-refractivity contribution in [3.8, 4) is 11.3 Å². The Labute approximate surface area is 201 Å². The van der Waals surface area contributed by atoms with Crippen molar-refractivity contribution in [3.05, 3.63) is 59.7 Å². The number of hydrogen-bond acceptors (Lipinski definition) is 7. The third kappa shape index (κ3) is 4.35. The largest absolute Gasteiger partial charge is 0.390 e. The quantitative estimate of drug-likeness (QED) is 0.420. The predicted molar refractivity (Wildman–Crippen MR) is 129 cm³/mol. The summed E-state index contributed by atoms with van der Waals surface area (Å²) in [4.78, 5) is 19.3. The van der Waals surface area contributed by atoms with Crippen molar-refractivity contribution < 1.29 is 13.9 Å². The Kier molecular flexibility index (Phi) is 5.94. The average Bonchev–Trinajstić information content (AvgIpc) is 3.15. The van der Waals surface area contributed by atoms with Gasteiger partial charge in [0.25, 0.3) is 0 Å². The standard InChI is InChI=1S/C25H27F2N7O/c1-13(2)34-15(4)30-24-19(26)7-17(8-21(24)34)23-20(27)10-29-25(32-23)31-22-6-5-16(9-28-22)14(3)33-11-18(35)12-33/h5-10,13-14,18,35H,11-12H2,1-4H3,(H,28,29,31,32)/t14-/m1/s1. The molecule has 1 aromatic carbocycles. The number of aliphatic hydroxyl groups is 1. The van der Waals surface area contributed by atoms with Gasteiger partial charge in [0.1, 0.15) is 22.9 Å². The van der Waals surface area contributed by atoms with Crippen molar-refractivity contribution in [1.29, 1.82) is 0 Å². The predicted octanol–water partition coefficient (Wildman–Crippen LogP) is 4.54. The van der Waals surface area contributed by atoms with Gasteiger partial charge >= 0.3 is 0 Å². The third-order valence-corrected chi connectivity index (χ3v) is 6.41. The van der Waals surface area contributed by atoms with Crippen LogP contribution < -0.4 is 5.32 Å². The van der Waals surface area contributed by atoms with Crippen LogP contribution in [0.25, 0.3) is 22.3 Å². The number of hydrogen-bond donors (Lipinski definition) is 2. The maximum Gasteiger partial charge on any atom is 0.229 e. The van der Waals surface area contributed by atoms with Crippen LogP contribution in [0.15, 0.2) is 36.7 Å². The number of nitrogens with one attached hydrogen (secondary N) is 1. The first-order valence-corrected chi connectivity index (χ1v) is 11.6. The molecule has 0 amide bonds. The summed E-state index contributed by atoms with van der Waals surface area (Å²) < 4.78 is 31.5. The minimum Gasteiger partial charge on any atom is -0.390 e. The molecule has 1 fully saturated rings. The van der Waals surface area contributed by atoms with Crippen molar-refractivity contribution in [1.82, 2.24) is 29.4 Å². The van der Waals surface area contributed by atoms with Gasteiger partial charge in [-0.05, 0) is 51.5 Å². The molecule has 1 aliphatic rings. The van der Waals surface area contributed by atoms with Crippen LogP contribution in [0.3, 0.4) is 0 Å². The number of benzene rings is 1. The lowest BCUT2D eigenvalue weighted by molar-refractivity contribution is -0.0212. The summed E-state index contributed by atoms with van der Waals surface area (Å²) in [7, 11) is 0. The first-order valence-electron chi connectivity index (χ1n) is 11.6.